The summed E-state index contributed by atoms with van der Waals surface area (Å²) < 4.78 is 0. The number of carbonyl (C=O) groups excluding carboxylic acids is 1. The molecule has 0 bridgehead atoms. The van der Waals surface area contributed by atoms with Gasteiger partial charge in [0.1, 0.15) is 0 Å². The van der Waals surface area contributed by atoms with Crippen LogP contribution in [0.5, 0.6) is 0 Å². The summed E-state index contributed by atoms with van der Waals surface area (Å²) >= 11 is 0. The van der Waals surface area contributed by atoms with Crippen LogP contribution in [0.2, 0.25) is 0 Å². The highest BCUT2D eigenvalue weighted by Gasteiger charge is 2.27. The summed E-state index contributed by atoms with van der Waals surface area (Å²) in [6, 6.07) is 4.57. The number of nitrogens with zero attached hydrogens (tertiary/aromatic N) is 1. The molecule has 6 nitrogen and oxygen atoms in total. The number of rotatable bonds is 4. The quantitative estimate of drug-likeness (QED) is 0.657. The Morgan fingerprint density at radius 1 is 1.50 bits per heavy atom. The molecule has 0 saturated carbocycles. The number of piperidine rings is 1. The molecule has 0 radical (unpaired) electrons. The maximum absolute atomic E-state index is 12.2. The number of amides is 1. The molecule has 1 aliphatic heterocycles. The maximum Gasteiger partial charge on any atom is 0.273 e. The van der Waals surface area contributed by atoms with Crippen LogP contribution in [0, 0.1) is 22.5 Å². The van der Waals surface area contributed by atoms with E-state index in [0.29, 0.717) is 17.7 Å². The van der Waals surface area contributed by atoms with Gasteiger partial charge in [0, 0.05) is 30.3 Å². The molecule has 1 amide bonds. The zero-order chi connectivity index (χ0) is 15.5. The monoisotopic (exact) mass is 327 g/mol. The van der Waals surface area contributed by atoms with E-state index >= 15 is 0 Å². The third kappa shape index (κ3) is 4.42. The molecule has 1 atom stereocenters. The fourth-order valence-corrected chi connectivity index (χ4v) is 2.61. The van der Waals surface area contributed by atoms with Gasteiger partial charge >= 0.3 is 0 Å². The van der Waals surface area contributed by atoms with Gasteiger partial charge in [0.05, 0.1) is 4.92 Å². The first kappa shape index (κ1) is 18.4. The Labute approximate surface area is 136 Å². The molecule has 2 N–H and O–H groups in total. The number of hydrogen-bond acceptors (Lipinski definition) is 4. The maximum atomic E-state index is 12.2. The first-order valence-electron chi connectivity index (χ1n) is 7.15. The van der Waals surface area contributed by atoms with Crippen LogP contribution in [0.3, 0.4) is 0 Å². The molecule has 1 heterocycles. The minimum atomic E-state index is -0.460. The van der Waals surface area contributed by atoms with E-state index in [1.54, 1.807) is 19.1 Å². The summed E-state index contributed by atoms with van der Waals surface area (Å²) in [6.07, 6.45) is 2.16. The van der Waals surface area contributed by atoms with E-state index in [0.717, 1.165) is 25.9 Å². The minimum Gasteiger partial charge on any atom is -0.351 e. The highest BCUT2D eigenvalue weighted by molar-refractivity contribution is 5.95. The summed E-state index contributed by atoms with van der Waals surface area (Å²) in [4.78, 5) is 22.6. The Balaban J connectivity index is 0.00000242. The normalized spacial score (nSPS) is 20.8. The van der Waals surface area contributed by atoms with Gasteiger partial charge in [0.2, 0.25) is 0 Å². The molecule has 0 aromatic heterocycles. The Kier molecular flexibility index (Phi) is 6.32. The van der Waals surface area contributed by atoms with Crippen molar-refractivity contribution in [2.75, 3.05) is 19.6 Å². The van der Waals surface area contributed by atoms with Crippen molar-refractivity contribution in [3.63, 3.8) is 0 Å². The van der Waals surface area contributed by atoms with Gasteiger partial charge in [-0.25, -0.2) is 0 Å². The topological polar surface area (TPSA) is 84.3 Å². The lowest BCUT2D eigenvalue weighted by Gasteiger charge is -2.34. The standard InChI is InChI=1S/C15H21N3O3.ClH/c1-11-4-5-12(8-13(11)18(20)21)14(19)17-10-15(2)6-3-7-16-9-15;/h4-5,8,16H,3,6-7,9-10H2,1-2H3,(H,17,19);1H. The Bertz CT molecular complexity index is 557. The molecule has 1 aliphatic rings. The Morgan fingerprint density at radius 3 is 2.82 bits per heavy atom. The van der Waals surface area contributed by atoms with Crippen molar-refractivity contribution in [3.8, 4) is 0 Å². The summed E-state index contributed by atoms with van der Waals surface area (Å²) in [7, 11) is 0. The molecule has 1 saturated heterocycles. The smallest absolute Gasteiger partial charge is 0.273 e. The molecule has 122 valence electrons. The lowest BCUT2D eigenvalue weighted by Crippen LogP contribution is -2.45. The SMILES string of the molecule is Cc1ccc(C(=O)NCC2(C)CCCNC2)cc1[N+](=O)[O-].Cl. The minimum absolute atomic E-state index is 0. The van der Waals surface area contributed by atoms with E-state index in [9.17, 15) is 14.9 Å². The molecule has 1 unspecified atom stereocenters. The number of hydrogen-bond donors (Lipinski definition) is 2. The number of nitro groups is 1. The average Bonchev–Trinajstić information content (AvgIpc) is 2.46. The number of benzene rings is 1. The van der Waals surface area contributed by atoms with Gasteiger partial charge in [0.15, 0.2) is 0 Å². The van der Waals surface area contributed by atoms with Crippen molar-refractivity contribution in [2.45, 2.75) is 26.7 Å². The number of nitrogens with one attached hydrogen (secondary N) is 2. The number of nitro benzene ring substituents is 1. The lowest BCUT2D eigenvalue weighted by atomic mass is 9.83. The van der Waals surface area contributed by atoms with Crippen LogP contribution in [-0.2, 0) is 0 Å². The zero-order valence-corrected chi connectivity index (χ0v) is 13.7. The van der Waals surface area contributed by atoms with Gasteiger partial charge in [-0.15, -0.1) is 12.4 Å². The van der Waals surface area contributed by atoms with E-state index in [2.05, 4.69) is 17.6 Å². The molecule has 1 aromatic carbocycles. The van der Waals surface area contributed by atoms with Crippen LogP contribution in [0.1, 0.15) is 35.7 Å². The van der Waals surface area contributed by atoms with Gasteiger partial charge in [-0.05, 0) is 37.8 Å². The lowest BCUT2D eigenvalue weighted by molar-refractivity contribution is -0.385. The van der Waals surface area contributed by atoms with Crippen LogP contribution >= 0.6 is 12.4 Å². The number of halogens is 1. The molecule has 7 heteroatoms. The largest absolute Gasteiger partial charge is 0.351 e. The summed E-state index contributed by atoms with van der Waals surface area (Å²) in [6.45, 7) is 6.26. The second-order valence-corrected chi connectivity index (χ2v) is 6.03. The molecule has 2 rings (SSSR count). The summed E-state index contributed by atoms with van der Waals surface area (Å²) in [5.74, 6) is -0.259. The van der Waals surface area contributed by atoms with E-state index in [-0.39, 0.29) is 29.4 Å². The van der Waals surface area contributed by atoms with E-state index in [1.807, 2.05) is 0 Å². The second kappa shape index (κ2) is 7.56. The van der Waals surface area contributed by atoms with E-state index in [1.165, 1.54) is 6.07 Å². The van der Waals surface area contributed by atoms with E-state index < -0.39 is 4.92 Å². The molecular formula is C15H22ClN3O3. The highest BCUT2D eigenvalue weighted by atomic mass is 35.5. The summed E-state index contributed by atoms with van der Waals surface area (Å²) in [5, 5.41) is 17.1. The average molecular weight is 328 g/mol. The molecular weight excluding hydrogens is 306 g/mol. The molecule has 1 aromatic rings. The van der Waals surface area contributed by atoms with Gasteiger partial charge < -0.3 is 10.6 Å². The fraction of sp³-hybridized carbons (Fsp3) is 0.533. The van der Waals surface area contributed by atoms with Crippen molar-refractivity contribution < 1.29 is 9.72 Å². The van der Waals surface area contributed by atoms with Crippen molar-refractivity contribution in [3.05, 3.63) is 39.4 Å². The number of aryl methyl sites for hydroxylation is 1. The fourth-order valence-electron chi connectivity index (χ4n) is 2.61. The summed E-state index contributed by atoms with van der Waals surface area (Å²) in [5.41, 5.74) is 0.915. The van der Waals surface area contributed by atoms with Crippen molar-refractivity contribution in [2.24, 2.45) is 5.41 Å². The molecule has 0 aliphatic carbocycles. The predicted molar refractivity (Wildman–Crippen MR) is 87.6 cm³/mol. The zero-order valence-electron chi connectivity index (χ0n) is 12.8. The van der Waals surface area contributed by atoms with Crippen molar-refractivity contribution in [1.82, 2.24) is 10.6 Å². The van der Waals surface area contributed by atoms with Crippen LogP contribution in [0.4, 0.5) is 5.69 Å². The first-order valence-corrected chi connectivity index (χ1v) is 7.15. The van der Waals surface area contributed by atoms with E-state index in [4.69, 9.17) is 0 Å². The van der Waals surface area contributed by atoms with Crippen LogP contribution in [0.15, 0.2) is 18.2 Å². The van der Waals surface area contributed by atoms with Crippen LogP contribution in [-0.4, -0.2) is 30.5 Å². The second-order valence-electron chi connectivity index (χ2n) is 6.03. The Morgan fingerprint density at radius 2 is 2.23 bits per heavy atom. The van der Waals surface area contributed by atoms with Gasteiger partial charge in [-0.2, -0.15) is 0 Å². The van der Waals surface area contributed by atoms with Crippen LogP contribution in [0.25, 0.3) is 0 Å². The van der Waals surface area contributed by atoms with Crippen molar-refractivity contribution >= 4 is 24.0 Å². The highest BCUT2D eigenvalue weighted by Crippen LogP contribution is 2.24. The third-order valence-corrected chi connectivity index (χ3v) is 4.03. The predicted octanol–water partition coefficient (Wildman–Crippen LogP) is 2.44. The first-order chi connectivity index (χ1) is 9.91. The third-order valence-electron chi connectivity index (χ3n) is 4.03. The molecule has 1 fully saturated rings. The van der Waals surface area contributed by atoms with Gasteiger partial charge in [-0.1, -0.05) is 13.0 Å². The van der Waals surface area contributed by atoms with Gasteiger partial charge in [0.25, 0.3) is 11.6 Å². The number of carbonyl (C=O) groups is 1. The van der Waals surface area contributed by atoms with Crippen LogP contribution < -0.4 is 10.6 Å². The van der Waals surface area contributed by atoms with Gasteiger partial charge in [-0.3, -0.25) is 14.9 Å². The van der Waals surface area contributed by atoms with Crippen molar-refractivity contribution in [1.29, 1.82) is 0 Å². The molecule has 22 heavy (non-hydrogen) atoms. The Hall–Kier alpha value is -1.66. The molecule has 0 spiro atoms.